The minimum atomic E-state index is -1.61. The Labute approximate surface area is 183 Å². The fourth-order valence-corrected chi connectivity index (χ4v) is 7.58. The monoisotopic (exact) mass is 430 g/mol. The Morgan fingerprint density at radius 3 is 2.68 bits per heavy atom. The van der Waals surface area contributed by atoms with Crippen molar-refractivity contribution in [2.24, 2.45) is 34.5 Å². The molecule has 3 fully saturated rings. The van der Waals surface area contributed by atoms with Crippen molar-refractivity contribution in [2.45, 2.75) is 71.5 Å². The summed E-state index contributed by atoms with van der Waals surface area (Å²) < 4.78 is 5.04. The van der Waals surface area contributed by atoms with Crippen molar-refractivity contribution in [3.05, 3.63) is 23.8 Å². The number of carbonyl (C=O) groups is 3. The number of hydrogen-bond donors (Lipinski definition) is 2. The molecule has 6 heteroatoms. The molecule has 4 aliphatic carbocycles. The molecule has 0 aromatic carbocycles. The fraction of sp³-hybridized carbons (Fsp3) is 0.720. The molecule has 0 saturated heterocycles. The Balaban J connectivity index is 1.66. The summed E-state index contributed by atoms with van der Waals surface area (Å²) in [6.07, 6.45) is 6.90. The number of fused-ring (bicyclic) bond motifs is 5. The van der Waals surface area contributed by atoms with E-state index in [0.717, 1.165) is 12.0 Å². The van der Waals surface area contributed by atoms with Gasteiger partial charge in [-0.05, 0) is 55.6 Å². The zero-order valence-corrected chi connectivity index (χ0v) is 18.9. The van der Waals surface area contributed by atoms with E-state index < -0.39 is 40.9 Å². The molecule has 170 valence electrons. The minimum Gasteiger partial charge on any atom is -0.458 e. The first-order chi connectivity index (χ1) is 14.5. The second-order valence-electron chi connectivity index (χ2n) is 10.6. The summed E-state index contributed by atoms with van der Waals surface area (Å²) in [4.78, 5) is 36.6. The van der Waals surface area contributed by atoms with Crippen molar-refractivity contribution < 1.29 is 29.3 Å². The average Bonchev–Trinajstić information content (AvgIpc) is 2.98. The molecule has 2 N–H and O–H groups in total. The van der Waals surface area contributed by atoms with Crippen LogP contribution in [0.4, 0.5) is 0 Å². The summed E-state index contributed by atoms with van der Waals surface area (Å²) in [6, 6.07) is 0. The molecule has 6 nitrogen and oxygen atoms in total. The maximum absolute atomic E-state index is 13.0. The summed E-state index contributed by atoms with van der Waals surface area (Å²) >= 11 is 0. The molecule has 0 aliphatic heterocycles. The average molecular weight is 431 g/mol. The Kier molecular flexibility index (Phi) is 5.33. The summed E-state index contributed by atoms with van der Waals surface area (Å²) in [5, 5.41) is 23.0. The van der Waals surface area contributed by atoms with E-state index in [1.54, 1.807) is 19.1 Å². The third-order valence-corrected chi connectivity index (χ3v) is 9.08. The van der Waals surface area contributed by atoms with E-state index in [0.29, 0.717) is 19.3 Å². The van der Waals surface area contributed by atoms with Gasteiger partial charge in [-0.1, -0.05) is 39.3 Å². The van der Waals surface area contributed by atoms with Crippen LogP contribution >= 0.6 is 0 Å². The van der Waals surface area contributed by atoms with Gasteiger partial charge in [-0.2, -0.15) is 0 Å². The van der Waals surface area contributed by atoms with E-state index in [4.69, 9.17) is 4.74 Å². The van der Waals surface area contributed by atoms with Gasteiger partial charge in [-0.3, -0.25) is 14.4 Å². The van der Waals surface area contributed by atoms with Crippen molar-refractivity contribution in [1.29, 1.82) is 0 Å². The van der Waals surface area contributed by atoms with E-state index in [9.17, 15) is 24.6 Å². The van der Waals surface area contributed by atoms with Gasteiger partial charge in [0.1, 0.15) is 5.60 Å². The third-order valence-electron chi connectivity index (χ3n) is 9.08. The minimum absolute atomic E-state index is 0.00428. The molecule has 3 saturated carbocycles. The van der Waals surface area contributed by atoms with E-state index in [-0.39, 0.29) is 35.9 Å². The van der Waals surface area contributed by atoms with E-state index in [2.05, 4.69) is 13.8 Å². The van der Waals surface area contributed by atoms with Crippen LogP contribution in [-0.4, -0.2) is 46.1 Å². The molecule has 31 heavy (non-hydrogen) atoms. The van der Waals surface area contributed by atoms with Gasteiger partial charge >= 0.3 is 5.97 Å². The highest BCUT2D eigenvalue weighted by Gasteiger charge is 2.68. The number of rotatable bonds is 4. The molecule has 4 aliphatic rings. The molecule has 0 unspecified atom stereocenters. The van der Waals surface area contributed by atoms with Crippen LogP contribution in [0.1, 0.15) is 59.8 Å². The van der Waals surface area contributed by atoms with Gasteiger partial charge in [-0.25, -0.2) is 0 Å². The molecular weight excluding hydrogens is 396 g/mol. The van der Waals surface area contributed by atoms with Crippen LogP contribution in [0.15, 0.2) is 23.8 Å². The Morgan fingerprint density at radius 2 is 2.00 bits per heavy atom. The molecule has 0 aromatic rings. The van der Waals surface area contributed by atoms with Crippen molar-refractivity contribution in [3.63, 3.8) is 0 Å². The zero-order valence-electron chi connectivity index (χ0n) is 18.9. The quantitative estimate of drug-likeness (QED) is 0.665. The summed E-state index contributed by atoms with van der Waals surface area (Å²) in [5.74, 6) is -0.615. The van der Waals surface area contributed by atoms with Crippen molar-refractivity contribution in [3.8, 4) is 0 Å². The molecule has 0 spiro atoms. The van der Waals surface area contributed by atoms with E-state index in [1.807, 2.05) is 13.0 Å². The zero-order chi connectivity index (χ0) is 22.8. The molecule has 4 rings (SSSR count). The van der Waals surface area contributed by atoms with Gasteiger partial charge in [0, 0.05) is 23.2 Å². The molecule has 0 bridgehead atoms. The number of aliphatic hydroxyl groups excluding tert-OH is 1. The fourth-order valence-electron chi connectivity index (χ4n) is 7.58. The normalized spacial score (nSPS) is 45.9. The smallest absolute Gasteiger partial charge is 0.305 e. The van der Waals surface area contributed by atoms with Gasteiger partial charge in [0.25, 0.3) is 0 Å². The highest BCUT2D eigenvalue weighted by molar-refractivity contribution is 6.01. The van der Waals surface area contributed by atoms with E-state index >= 15 is 0 Å². The van der Waals surface area contributed by atoms with Gasteiger partial charge < -0.3 is 14.9 Å². The summed E-state index contributed by atoms with van der Waals surface area (Å²) in [5.41, 5.74) is -1.72. The van der Waals surface area contributed by atoms with Crippen LogP contribution in [0, 0.1) is 34.5 Å². The summed E-state index contributed by atoms with van der Waals surface area (Å²) in [6.45, 7) is 7.38. The number of esters is 1. The lowest BCUT2D eigenvalue weighted by atomic mass is 9.45. The van der Waals surface area contributed by atoms with Crippen LogP contribution in [-0.2, 0) is 19.1 Å². The van der Waals surface area contributed by atoms with E-state index in [1.165, 1.54) is 0 Å². The second kappa shape index (κ2) is 7.38. The molecule has 0 radical (unpaired) electrons. The van der Waals surface area contributed by atoms with Crippen LogP contribution in [0.3, 0.4) is 0 Å². The van der Waals surface area contributed by atoms with Crippen LogP contribution in [0.2, 0.25) is 0 Å². The van der Waals surface area contributed by atoms with Gasteiger partial charge in [0.15, 0.2) is 12.4 Å². The Hall–Kier alpha value is -1.79. The lowest BCUT2D eigenvalue weighted by Gasteiger charge is -2.60. The largest absolute Gasteiger partial charge is 0.458 e. The number of carbonyl (C=O) groups excluding carboxylic acids is 3. The lowest BCUT2D eigenvalue weighted by Crippen LogP contribution is -2.62. The first-order valence-corrected chi connectivity index (χ1v) is 11.5. The third kappa shape index (κ3) is 3.09. The van der Waals surface area contributed by atoms with Crippen LogP contribution < -0.4 is 0 Å². The molecule has 0 heterocycles. The predicted molar refractivity (Wildman–Crippen MR) is 114 cm³/mol. The molecule has 0 amide bonds. The number of Topliss-reactive ketones (excluding diaryl/α,β-unsaturated/α-hetero) is 1. The Bertz CT molecular complexity index is 873. The predicted octanol–water partition coefficient (Wildman–Crippen LogP) is 2.76. The van der Waals surface area contributed by atoms with Crippen LogP contribution in [0.25, 0.3) is 0 Å². The Morgan fingerprint density at radius 1 is 1.29 bits per heavy atom. The maximum Gasteiger partial charge on any atom is 0.305 e. The summed E-state index contributed by atoms with van der Waals surface area (Å²) in [7, 11) is 0. The first kappa shape index (κ1) is 22.4. The van der Waals surface area contributed by atoms with Crippen molar-refractivity contribution in [2.75, 3.05) is 6.61 Å². The highest BCUT2D eigenvalue weighted by Crippen LogP contribution is 2.67. The first-order valence-electron chi connectivity index (χ1n) is 11.5. The van der Waals surface area contributed by atoms with Gasteiger partial charge in [0.05, 0.1) is 6.10 Å². The van der Waals surface area contributed by atoms with Crippen LogP contribution in [0.5, 0.6) is 0 Å². The molecule has 8 atom stereocenters. The standard InChI is InChI=1S/C25H34O6/c1-5-21(29)31-13-20(28)25(30)9-7-17-16-10-14(2)18-11-15(26)6-8-23(18,3)22(16)19(27)12-24(17,25)4/h6,8,11,14,16-17,19,22,27,30H,5,7,9-10,12-13H2,1-4H3/t14-,16-,17-,19-,22+,23-,24-,25-/m0/s1. The van der Waals surface area contributed by atoms with Crippen molar-refractivity contribution >= 4 is 17.5 Å². The number of ketones is 2. The topological polar surface area (TPSA) is 101 Å². The van der Waals surface area contributed by atoms with Crippen molar-refractivity contribution in [1.82, 2.24) is 0 Å². The highest BCUT2D eigenvalue weighted by atomic mass is 16.5. The SMILES string of the molecule is CCC(=O)OCC(=O)[C@@]1(O)CC[C@H]2[C@@H]3C[C@H](C)C4=CC(=O)C=C[C@]4(C)[C@H]3[C@@H](O)C[C@@]21C. The number of ether oxygens (including phenoxy) is 1. The lowest BCUT2D eigenvalue weighted by molar-refractivity contribution is -0.182. The maximum atomic E-state index is 13.0. The second-order valence-corrected chi connectivity index (χ2v) is 10.6. The number of hydrogen-bond acceptors (Lipinski definition) is 6. The number of aliphatic hydroxyl groups is 2. The molecule has 0 aromatic heterocycles. The molecular formula is C25H34O6. The number of allylic oxidation sites excluding steroid dienone is 4. The van der Waals surface area contributed by atoms with Gasteiger partial charge in [-0.15, -0.1) is 0 Å². The van der Waals surface area contributed by atoms with Gasteiger partial charge in [0.2, 0.25) is 5.78 Å².